The van der Waals surface area contributed by atoms with Crippen molar-refractivity contribution in [3.05, 3.63) is 42.2 Å². The van der Waals surface area contributed by atoms with E-state index >= 15 is 0 Å². The highest BCUT2D eigenvalue weighted by molar-refractivity contribution is 6.00. The van der Waals surface area contributed by atoms with Crippen LogP contribution in [0, 0.1) is 6.92 Å². The minimum atomic E-state index is -0.283. The highest BCUT2D eigenvalue weighted by atomic mass is 16.5. The number of hydrogen-bond acceptors (Lipinski definition) is 4. The van der Waals surface area contributed by atoms with Crippen LogP contribution in [0.5, 0.6) is 0 Å². The predicted octanol–water partition coefficient (Wildman–Crippen LogP) is 2.66. The lowest BCUT2D eigenvalue weighted by atomic mass is 10.2. The van der Waals surface area contributed by atoms with Crippen molar-refractivity contribution < 1.29 is 9.53 Å². The molecule has 2 amide bonds. The third-order valence-corrected chi connectivity index (χ3v) is 5.03. The first kappa shape index (κ1) is 18.5. The number of hydrogen-bond donors (Lipinski definition) is 2. The van der Waals surface area contributed by atoms with Gasteiger partial charge in [-0.2, -0.15) is 5.10 Å². The maximum absolute atomic E-state index is 12.3. The molecule has 148 valence electrons. The molecular weight excluding hydrogens is 356 g/mol. The smallest absolute Gasteiger partial charge is 0.324 e. The molecule has 1 fully saturated rings. The summed E-state index contributed by atoms with van der Waals surface area (Å²) in [5, 5.41) is 11.0. The van der Waals surface area contributed by atoms with Crippen LogP contribution in [0.4, 0.5) is 16.3 Å². The number of carbonyl (C=O) groups is 1. The number of benzene rings is 1. The number of morpholine rings is 1. The summed E-state index contributed by atoms with van der Waals surface area (Å²) in [4.78, 5) is 14.7. The molecule has 4 rings (SSSR count). The van der Waals surface area contributed by atoms with Crippen molar-refractivity contribution in [3.63, 3.8) is 0 Å². The second-order valence-corrected chi connectivity index (χ2v) is 7.11. The second kappa shape index (κ2) is 8.04. The zero-order chi connectivity index (χ0) is 19.5. The zero-order valence-electron chi connectivity index (χ0n) is 16.3. The van der Waals surface area contributed by atoms with E-state index in [0.717, 1.165) is 56.2 Å². The number of ether oxygens (including phenoxy) is 1. The Bertz CT molecular complexity index is 970. The van der Waals surface area contributed by atoms with Crippen LogP contribution in [-0.4, -0.2) is 58.1 Å². The van der Waals surface area contributed by atoms with Crippen LogP contribution in [0.2, 0.25) is 0 Å². The maximum Gasteiger partial charge on any atom is 0.324 e. The van der Waals surface area contributed by atoms with Crippen LogP contribution in [0.15, 0.2) is 36.5 Å². The van der Waals surface area contributed by atoms with E-state index in [1.807, 2.05) is 25.1 Å². The summed E-state index contributed by atoms with van der Waals surface area (Å²) in [6.45, 7) is 7.48. The number of anilines is 2. The summed E-state index contributed by atoms with van der Waals surface area (Å²) in [6.07, 6.45) is 2.10. The van der Waals surface area contributed by atoms with Gasteiger partial charge in [0, 0.05) is 62.1 Å². The van der Waals surface area contributed by atoms with E-state index in [9.17, 15) is 4.79 Å². The van der Waals surface area contributed by atoms with Gasteiger partial charge in [-0.1, -0.05) is 0 Å². The van der Waals surface area contributed by atoms with Crippen molar-refractivity contribution in [2.45, 2.75) is 13.5 Å². The third-order valence-electron chi connectivity index (χ3n) is 5.03. The average Bonchev–Trinajstić information content (AvgIpc) is 3.22. The fourth-order valence-electron chi connectivity index (χ4n) is 3.55. The molecule has 0 spiro atoms. The Morgan fingerprint density at radius 2 is 1.96 bits per heavy atom. The Morgan fingerprint density at radius 3 is 2.71 bits per heavy atom. The van der Waals surface area contributed by atoms with Gasteiger partial charge in [-0.15, -0.1) is 0 Å². The van der Waals surface area contributed by atoms with Crippen molar-refractivity contribution in [2.24, 2.45) is 7.05 Å². The van der Waals surface area contributed by atoms with Crippen LogP contribution < -0.4 is 10.6 Å². The summed E-state index contributed by atoms with van der Waals surface area (Å²) >= 11 is 0. The summed E-state index contributed by atoms with van der Waals surface area (Å²) in [5.74, 6) is 0.658. The Labute approximate surface area is 164 Å². The lowest BCUT2D eigenvalue weighted by Crippen LogP contribution is -2.38. The van der Waals surface area contributed by atoms with Crippen LogP contribution in [-0.2, 0) is 18.3 Å². The van der Waals surface area contributed by atoms with Gasteiger partial charge in [0.05, 0.1) is 18.9 Å². The third kappa shape index (κ3) is 4.18. The van der Waals surface area contributed by atoms with Crippen molar-refractivity contribution in [2.75, 3.05) is 43.5 Å². The molecule has 1 aliphatic rings. The number of carbonyl (C=O) groups excluding carboxylic acids is 1. The Hall–Kier alpha value is -2.84. The molecule has 0 atom stereocenters. The normalized spacial score (nSPS) is 15.1. The van der Waals surface area contributed by atoms with E-state index < -0.39 is 0 Å². The van der Waals surface area contributed by atoms with Crippen molar-refractivity contribution in [3.8, 4) is 0 Å². The molecule has 0 radical (unpaired) electrons. The van der Waals surface area contributed by atoms with Gasteiger partial charge in [0.15, 0.2) is 0 Å². The molecule has 2 N–H and O–H groups in total. The summed E-state index contributed by atoms with van der Waals surface area (Å²) in [7, 11) is 1.80. The van der Waals surface area contributed by atoms with Crippen molar-refractivity contribution in [1.29, 1.82) is 0 Å². The monoisotopic (exact) mass is 382 g/mol. The quantitative estimate of drug-likeness (QED) is 0.711. The molecule has 0 unspecified atom stereocenters. The van der Waals surface area contributed by atoms with E-state index in [1.54, 1.807) is 11.7 Å². The van der Waals surface area contributed by atoms with Gasteiger partial charge in [-0.25, -0.2) is 4.79 Å². The standard InChI is InChI=1S/C20H26N6O2/c1-15-13-19(24(2)23-15)22-20(27)21-17-3-4-18-16(14-17)5-6-26(18)8-7-25-9-11-28-12-10-25/h3-6,13-14H,7-12H2,1-2H3,(H2,21,22,27). The maximum atomic E-state index is 12.3. The number of rotatable bonds is 5. The molecule has 1 saturated heterocycles. The Balaban J connectivity index is 1.39. The van der Waals surface area contributed by atoms with Gasteiger partial charge < -0.3 is 14.6 Å². The van der Waals surface area contributed by atoms with Gasteiger partial charge in [-0.3, -0.25) is 14.9 Å². The molecule has 2 aromatic heterocycles. The average molecular weight is 382 g/mol. The molecule has 3 heterocycles. The van der Waals surface area contributed by atoms with E-state index in [2.05, 4.69) is 43.5 Å². The number of nitrogens with zero attached hydrogens (tertiary/aromatic N) is 4. The fourth-order valence-corrected chi connectivity index (χ4v) is 3.55. The topological polar surface area (TPSA) is 76.3 Å². The first-order chi connectivity index (χ1) is 13.6. The largest absolute Gasteiger partial charge is 0.379 e. The minimum absolute atomic E-state index is 0.283. The first-order valence-corrected chi connectivity index (χ1v) is 9.56. The molecule has 3 aromatic rings. The molecule has 0 bridgehead atoms. The molecule has 28 heavy (non-hydrogen) atoms. The Kier molecular flexibility index (Phi) is 5.31. The molecule has 8 heteroatoms. The van der Waals surface area contributed by atoms with E-state index in [1.165, 1.54) is 5.52 Å². The highest BCUT2D eigenvalue weighted by Gasteiger charge is 2.11. The lowest BCUT2D eigenvalue weighted by molar-refractivity contribution is 0.0365. The second-order valence-electron chi connectivity index (χ2n) is 7.11. The highest BCUT2D eigenvalue weighted by Crippen LogP contribution is 2.21. The van der Waals surface area contributed by atoms with Crippen LogP contribution in [0.25, 0.3) is 10.9 Å². The number of urea groups is 1. The SMILES string of the molecule is Cc1cc(NC(=O)Nc2ccc3c(ccn3CCN3CCOCC3)c2)n(C)n1. The fraction of sp³-hybridized carbons (Fsp3) is 0.400. The minimum Gasteiger partial charge on any atom is -0.379 e. The lowest BCUT2D eigenvalue weighted by Gasteiger charge is -2.26. The number of nitrogens with one attached hydrogen (secondary N) is 2. The number of aryl methyl sites for hydroxylation is 2. The van der Waals surface area contributed by atoms with Gasteiger partial charge in [-0.05, 0) is 31.2 Å². The van der Waals surface area contributed by atoms with Crippen molar-refractivity contribution >= 4 is 28.4 Å². The number of fused-ring (bicyclic) bond motifs is 1. The summed E-state index contributed by atoms with van der Waals surface area (Å²) < 4.78 is 9.31. The molecule has 0 saturated carbocycles. The molecule has 0 aliphatic carbocycles. The van der Waals surface area contributed by atoms with Crippen LogP contribution in [0.1, 0.15) is 5.69 Å². The molecule has 1 aromatic carbocycles. The van der Waals surface area contributed by atoms with Gasteiger partial charge in [0.25, 0.3) is 0 Å². The van der Waals surface area contributed by atoms with Gasteiger partial charge in [0.1, 0.15) is 5.82 Å². The molecule has 8 nitrogen and oxygen atoms in total. The Morgan fingerprint density at radius 1 is 1.14 bits per heavy atom. The molecule has 1 aliphatic heterocycles. The first-order valence-electron chi connectivity index (χ1n) is 9.56. The van der Waals surface area contributed by atoms with Crippen LogP contribution >= 0.6 is 0 Å². The number of amides is 2. The van der Waals surface area contributed by atoms with E-state index in [-0.39, 0.29) is 6.03 Å². The van der Waals surface area contributed by atoms with Gasteiger partial charge >= 0.3 is 6.03 Å². The number of aromatic nitrogens is 3. The predicted molar refractivity (Wildman–Crippen MR) is 110 cm³/mol. The zero-order valence-corrected chi connectivity index (χ0v) is 16.3. The van der Waals surface area contributed by atoms with Crippen LogP contribution in [0.3, 0.4) is 0 Å². The summed E-state index contributed by atoms with van der Waals surface area (Å²) in [6, 6.07) is 9.61. The van der Waals surface area contributed by atoms with Crippen molar-refractivity contribution in [1.82, 2.24) is 19.2 Å². The van der Waals surface area contributed by atoms with E-state index in [4.69, 9.17) is 4.74 Å². The summed E-state index contributed by atoms with van der Waals surface area (Å²) in [5.41, 5.74) is 2.79. The van der Waals surface area contributed by atoms with E-state index in [0.29, 0.717) is 5.82 Å². The van der Waals surface area contributed by atoms with Gasteiger partial charge in [0.2, 0.25) is 0 Å². The molecular formula is C20H26N6O2.